The molecule has 0 saturated heterocycles. The number of ether oxygens (including phenoxy) is 2. The van der Waals surface area contributed by atoms with Crippen molar-refractivity contribution in [2.75, 3.05) is 13.2 Å². The van der Waals surface area contributed by atoms with Crippen LogP contribution in [-0.4, -0.2) is 25.4 Å². The van der Waals surface area contributed by atoms with Crippen molar-refractivity contribution < 1.29 is 27.4 Å². The van der Waals surface area contributed by atoms with E-state index >= 15 is 0 Å². The Balaban J connectivity index is 2.02. The van der Waals surface area contributed by atoms with Gasteiger partial charge in [0, 0.05) is 6.07 Å². The van der Waals surface area contributed by atoms with Crippen LogP contribution in [0.4, 0.5) is 13.2 Å². The topological polar surface area (TPSA) is 35.5 Å². The van der Waals surface area contributed by atoms with E-state index in [0.717, 1.165) is 46.8 Å². The van der Waals surface area contributed by atoms with E-state index in [-0.39, 0.29) is 11.3 Å². The van der Waals surface area contributed by atoms with Crippen molar-refractivity contribution in [3.05, 3.63) is 83.9 Å². The lowest BCUT2D eigenvalue weighted by molar-refractivity contribution is -0.161. The summed E-state index contributed by atoms with van der Waals surface area (Å²) < 4.78 is 48.6. The normalized spacial score (nSPS) is 12.2. The molecule has 36 heavy (non-hydrogen) atoms. The molecule has 3 aromatic rings. The number of carbonyl (C=O) groups is 1. The predicted molar refractivity (Wildman–Crippen MR) is 137 cm³/mol. The van der Waals surface area contributed by atoms with Gasteiger partial charge in [-0.15, -0.1) is 0 Å². The molecule has 0 fully saturated rings. The van der Waals surface area contributed by atoms with Crippen molar-refractivity contribution in [3.63, 3.8) is 0 Å². The van der Waals surface area contributed by atoms with Crippen molar-refractivity contribution in [3.8, 4) is 5.75 Å². The average Bonchev–Trinajstić information content (AvgIpc) is 2.88. The number of hydrogen-bond acceptors (Lipinski definition) is 3. The van der Waals surface area contributed by atoms with Crippen molar-refractivity contribution in [1.82, 2.24) is 0 Å². The lowest BCUT2D eigenvalue weighted by Crippen LogP contribution is -2.21. The molecule has 0 heterocycles. The minimum atomic E-state index is -4.61. The predicted octanol–water partition coefficient (Wildman–Crippen LogP) is 8.02. The van der Waals surface area contributed by atoms with Crippen LogP contribution in [0.5, 0.6) is 5.75 Å². The summed E-state index contributed by atoms with van der Waals surface area (Å²) in [6.45, 7) is 2.88. The lowest BCUT2D eigenvalue weighted by Gasteiger charge is -2.14. The molecular formula is C29H32F3O3S+. The third kappa shape index (κ3) is 8.05. The summed E-state index contributed by atoms with van der Waals surface area (Å²) in [4.78, 5) is 15.6. The monoisotopic (exact) mass is 517 g/mol. The van der Waals surface area contributed by atoms with Gasteiger partial charge in [0.05, 0.1) is 17.5 Å². The van der Waals surface area contributed by atoms with Gasteiger partial charge in [0.15, 0.2) is 21.3 Å². The highest BCUT2D eigenvalue weighted by Crippen LogP contribution is 2.34. The average molecular weight is 518 g/mol. The van der Waals surface area contributed by atoms with Crippen molar-refractivity contribution in [2.45, 2.75) is 66.8 Å². The third-order valence-electron chi connectivity index (χ3n) is 5.49. The second-order valence-electron chi connectivity index (χ2n) is 8.42. The van der Waals surface area contributed by atoms with Crippen LogP contribution in [0, 0.1) is 0 Å². The highest BCUT2D eigenvalue weighted by molar-refractivity contribution is 7.97. The van der Waals surface area contributed by atoms with Crippen LogP contribution in [0.3, 0.4) is 0 Å². The zero-order chi connectivity index (χ0) is 26.0. The van der Waals surface area contributed by atoms with Gasteiger partial charge in [-0.1, -0.05) is 57.0 Å². The number of esters is 1. The Morgan fingerprint density at radius 1 is 0.833 bits per heavy atom. The first kappa shape index (κ1) is 27.7. The largest absolute Gasteiger partial charge is 0.493 e. The van der Waals surface area contributed by atoms with E-state index in [4.69, 9.17) is 4.74 Å². The molecule has 0 aliphatic carbocycles. The zero-order valence-electron chi connectivity index (χ0n) is 20.6. The van der Waals surface area contributed by atoms with Crippen LogP contribution >= 0.6 is 0 Å². The highest BCUT2D eigenvalue weighted by atomic mass is 32.2. The van der Waals surface area contributed by atoms with Crippen molar-refractivity contribution in [1.29, 1.82) is 0 Å². The molecule has 3 rings (SSSR count). The Morgan fingerprint density at radius 3 is 2.11 bits per heavy atom. The molecule has 192 valence electrons. The van der Waals surface area contributed by atoms with Crippen LogP contribution in [-0.2, 0) is 22.1 Å². The molecule has 1 unspecified atom stereocenters. The molecule has 0 saturated carbocycles. The van der Waals surface area contributed by atoms with E-state index in [1.807, 2.05) is 43.3 Å². The van der Waals surface area contributed by atoms with Gasteiger partial charge in [-0.2, -0.15) is 13.2 Å². The fourth-order valence-electron chi connectivity index (χ4n) is 3.61. The molecule has 3 aromatic carbocycles. The fraction of sp³-hybridized carbons (Fsp3) is 0.345. The van der Waals surface area contributed by atoms with Crippen LogP contribution in [0.1, 0.15) is 55.5 Å². The van der Waals surface area contributed by atoms with E-state index in [9.17, 15) is 18.0 Å². The summed E-state index contributed by atoms with van der Waals surface area (Å²) in [5.41, 5.74) is 1.26. The van der Waals surface area contributed by atoms with Crippen molar-refractivity contribution >= 4 is 16.9 Å². The van der Waals surface area contributed by atoms with E-state index in [1.54, 1.807) is 12.1 Å². The Morgan fingerprint density at radius 2 is 1.47 bits per heavy atom. The SMILES string of the molecule is CCCCOc1ccc([S+](c2ccccc2)c2ccc(CCCC)cc2)cc1C(=O)OCC(F)(F)F. The summed E-state index contributed by atoms with van der Waals surface area (Å²) in [5, 5.41) is 0. The zero-order valence-corrected chi connectivity index (χ0v) is 21.5. The molecule has 0 aromatic heterocycles. The second-order valence-corrected chi connectivity index (χ2v) is 10.4. The lowest BCUT2D eigenvalue weighted by atomic mass is 10.1. The maximum atomic E-state index is 12.7. The van der Waals surface area contributed by atoms with Gasteiger partial charge < -0.3 is 9.47 Å². The Bertz CT molecular complexity index is 1100. The molecular weight excluding hydrogens is 485 g/mol. The van der Waals surface area contributed by atoms with Gasteiger partial charge >= 0.3 is 12.1 Å². The van der Waals surface area contributed by atoms with E-state index in [0.29, 0.717) is 6.61 Å². The summed E-state index contributed by atoms with van der Waals surface area (Å²) in [6.07, 6.45) is 0.289. The number of rotatable bonds is 12. The number of carbonyl (C=O) groups excluding carboxylic acids is 1. The molecule has 0 bridgehead atoms. The van der Waals surface area contributed by atoms with Gasteiger partial charge in [0.2, 0.25) is 0 Å². The molecule has 3 nitrogen and oxygen atoms in total. The summed E-state index contributed by atoms with van der Waals surface area (Å²) in [6, 6.07) is 23.4. The Kier molecular flexibility index (Phi) is 10.3. The Hall–Kier alpha value is -2.93. The number of hydrogen-bond donors (Lipinski definition) is 0. The standard InChI is InChI=1S/C29H32F3O3S/c1-3-5-10-22-13-15-24(16-14-22)36(23-11-8-7-9-12-23)25-17-18-27(34-19-6-4-2)26(20-25)28(33)35-21-29(30,31)32/h7-9,11-18,20H,3-6,10,19,21H2,1-2H3/q+1. The third-order valence-corrected chi connectivity index (χ3v) is 7.70. The van der Waals surface area contributed by atoms with Gasteiger partial charge in [0.25, 0.3) is 0 Å². The summed E-state index contributed by atoms with van der Waals surface area (Å²) >= 11 is 0. The molecule has 0 radical (unpaired) electrons. The van der Waals surface area contributed by atoms with Gasteiger partial charge in [-0.3, -0.25) is 0 Å². The molecule has 1 atom stereocenters. The minimum absolute atomic E-state index is 0.000787. The van der Waals surface area contributed by atoms with Gasteiger partial charge in [-0.05, 0) is 61.2 Å². The summed E-state index contributed by atoms with van der Waals surface area (Å²) in [5.74, 6) is -0.821. The number of benzene rings is 3. The second kappa shape index (κ2) is 13.4. The molecule has 0 N–H and O–H groups in total. The van der Waals surface area contributed by atoms with Crippen LogP contribution in [0.2, 0.25) is 0 Å². The number of unbranched alkanes of at least 4 members (excludes halogenated alkanes) is 2. The van der Waals surface area contributed by atoms with Gasteiger partial charge in [-0.25, -0.2) is 4.79 Å². The number of halogens is 3. The smallest absolute Gasteiger partial charge is 0.422 e. The van der Waals surface area contributed by atoms with Crippen LogP contribution in [0.25, 0.3) is 0 Å². The Labute approximate surface area is 214 Å². The first-order chi connectivity index (χ1) is 17.3. The van der Waals surface area contributed by atoms with Crippen LogP contribution in [0.15, 0.2) is 87.5 Å². The van der Waals surface area contributed by atoms with Crippen LogP contribution < -0.4 is 4.74 Å². The van der Waals surface area contributed by atoms with E-state index in [2.05, 4.69) is 35.9 Å². The quantitative estimate of drug-likeness (QED) is 0.139. The highest BCUT2D eigenvalue weighted by Gasteiger charge is 2.33. The maximum Gasteiger partial charge on any atom is 0.422 e. The number of alkyl halides is 3. The fourth-order valence-corrected chi connectivity index (χ4v) is 5.70. The molecule has 0 aliphatic rings. The maximum absolute atomic E-state index is 12.7. The first-order valence-electron chi connectivity index (χ1n) is 12.2. The number of aryl methyl sites for hydroxylation is 1. The first-order valence-corrected chi connectivity index (χ1v) is 13.4. The molecule has 7 heteroatoms. The minimum Gasteiger partial charge on any atom is -0.493 e. The van der Waals surface area contributed by atoms with Gasteiger partial charge in [0.1, 0.15) is 11.3 Å². The van der Waals surface area contributed by atoms with Crippen molar-refractivity contribution in [2.24, 2.45) is 0 Å². The van der Waals surface area contributed by atoms with E-state index < -0.39 is 29.6 Å². The molecule has 0 amide bonds. The van der Waals surface area contributed by atoms with E-state index in [1.165, 1.54) is 5.56 Å². The molecule has 0 aliphatic heterocycles. The molecule has 0 spiro atoms. The summed E-state index contributed by atoms with van der Waals surface area (Å²) in [7, 11) is -0.578.